The van der Waals surface area contributed by atoms with Gasteiger partial charge in [0, 0.05) is 18.4 Å². The number of aromatic nitrogens is 2. The van der Waals surface area contributed by atoms with Crippen LogP contribution < -0.4 is 10.6 Å². The molecule has 1 aromatic carbocycles. The highest BCUT2D eigenvalue weighted by atomic mass is 15.3. The van der Waals surface area contributed by atoms with Crippen molar-refractivity contribution in [1.29, 1.82) is 0 Å². The minimum absolute atomic E-state index is 0.347. The van der Waals surface area contributed by atoms with Crippen molar-refractivity contribution in [3.8, 4) is 5.69 Å². The normalized spacial score (nSPS) is 28.3. The van der Waals surface area contributed by atoms with Gasteiger partial charge in [-0.05, 0) is 62.0 Å². The SMILES string of the molecule is CC(NCC1[C@H]2CNC[C@@H]12)c1ccccc1-n1cccn1. The van der Waals surface area contributed by atoms with Crippen molar-refractivity contribution in [2.45, 2.75) is 13.0 Å². The second-order valence-corrected chi connectivity index (χ2v) is 6.29. The first-order chi connectivity index (χ1) is 10.3. The molecule has 4 atom stereocenters. The van der Waals surface area contributed by atoms with Crippen LogP contribution in [0, 0.1) is 17.8 Å². The number of nitrogens with one attached hydrogen (secondary N) is 2. The van der Waals surface area contributed by atoms with Crippen molar-refractivity contribution in [2.24, 2.45) is 17.8 Å². The van der Waals surface area contributed by atoms with Crippen molar-refractivity contribution >= 4 is 0 Å². The third kappa shape index (κ3) is 2.39. The molecule has 4 heteroatoms. The van der Waals surface area contributed by atoms with Crippen molar-refractivity contribution < 1.29 is 0 Å². The molecule has 0 amide bonds. The van der Waals surface area contributed by atoms with Crippen LogP contribution in [-0.4, -0.2) is 29.4 Å². The second kappa shape index (κ2) is 5.28. The maximum Gasteiger partial charge on any atom is 0.0693 e. The molecule has 2 aliphatic rings. The third-order valence-electron chi connectivity index (χ3n) is 5.08. The van der Waals surface area contributed by atoms with E-state index in [0.717, 1.165) is 24.3 Å². The summed E-state index contributed by atoms with van der Waals surface area (Å²) >= 11 is 0. The van der Waals surface area contributed by atoms with E-state index in [4.69, 9.17) is 0 Å². The van der Waals surface area contributed by atoms with Crippen LogP contribution in [0.15, 0.2) is 42.7 Å². The summed E-state index contributed by atoms with van der Waals surface area (Å²) in [4.78, 5) is 0. The average Bonchev–Trinajstić information content (AvgIpc) is 2.99. The highest BCUT2D eigenvalue weighted by Gasteiger charge is 2.52. The number of nitrogens with zero attached hydrogens (tertiary/aromatic N) is 2. The quantitative estimate of drug-likeness (QED) is 0.881. The van der Waals surface area contributed by atoms with Gasteiger partial charge in [-0.3, -0.25) is 0 Å². The molecule has 1 saturated heterocycles. The molecule has 0 spiro atoms. The summed E-state index contributed by atoms with van der Waals surface area (Å²) in [5.74, 6) is 2.72. The topological polar surface area (TPSA) is 41.9 Å². The molecule has 2 N–H and O–H groups in total. The zero-order valence-corrected chi connectivity index (χ0v) is 12.4. The minimum atomic E-state index is 0.347. The van der Waals surface area contributed by atoms with Gasteiger partial charge in [-0.2, -0.15) is 5.10 Å². The lowest BCUT2D eigenvalue weighted by molar-refractivity contribution is 0.494. The second-order valence-electron chi connectivity index (χ2n) is 6.29. The molecule has 1 aliphatic carbocycles. The van der Waals surface area contributed by atoms with Crippen molar-refractivity contribution in [1.82, 2.24) is 20.4 Å². The number of piperidine rings is 1. The molecule has 110 valence electrons. The van der Waals surface area contributed by atoms with E-state index in [1.165, 1.54) is 24.3 Å². The smallest absolute Gasteiger partial charge is 0.0693 e. The molecule has 1 aliphatic heterocycles. The lowest BCUT2D eigenvalue weighted by Gasteiger charge is -2.18. The molecule has 4 rings (SSSR count). The van der Waals surface area contributed by atoms with Crippen LogP contribution in [0.3, 0.4) is 0 Å². The maximum atomic E-state index is 4.36. The molecule has 2 fully saturated rings. The van der Waals surface area contributed by atoms with E-state index in [9.17, 15) is 0 Å². The first kappa shape index (κ1) is 13.0. The molecule has 1 saturated carbocycles. The molecular formula is C17H22N4. The van der Waals surface area contributed by atoms with Crippen LogP contribution in [0.4, 0.5) is 0 Å². The van der Waals surface area contributed by atoms with E-state index in [1.54, 1.807) is 0 Å². The van der Waals surface area contributed by atoms with E-state index in [-0.39, 0.29) is 0 Å². The first-order valence-electron chi connectivity index (χ1n) is 7.87. The van der Waals surface area contributed by atoms with E-state index >= 15 is 0 Å². The van der Waals surface area contributed by atoms with Crippen LogP contribution in [0.2, 0.25) is 0 Å². The van der Waals surface area contributed by atoms with Gasteiger partial charge in [0.15, 0.2) is 0 Å². The number of fused-ring (bicyclic) bond motifs is 1. The summed E-state index contributed by atoms with van der Waals surface area (Å²) in [6.07, 6.45) is 3.83. The molecule has 4 nitrogen and oxygen atoms in total. The Morgan fingerprint density at radius 3 is 2.86 bits per heavy atom. The Labute approximate surface area is 125 Å². The van der Waals surface area contributed by atoms with E-state index in [0.29, 0.717) is 6.04 Å². The van der Waals surface area contributed by atoms with Crippen LogP contribution >= 0.6 is 0 Å². The fourth-order valence-electron chi connectivity index (χ4n) is 3.75. The van der Waals surface area contributed by atoms with Crippen LogP contribution in [0.1, 0.15) is 18.5 Å². The van der Waals surface area contributed by atoms with Crippen molar-refractivity contribution in [3.05, 3.63) is 48.3 Å². The predicted octanol–water partition coefficient (Wildman–Crippen LogP) is 1.99. The van der Waals surface area contributed by atoms with Gasteiger partial charge in [-0.25, -0.2) is 4.68 Å². The predicted molar refractivity (Wildman–Crippen MR) is 83.3 cm³/mol. The standard InChI is InChI=1S/C17H22N4/c1-12(19-11-16-14-9-18-10-15(14)16)13-5-2-3-6-17(13)21-8-4-7-20-21/h2-8,12,14-16,18-19H,9-11H2,1H3/t12?,14-,15+,16?. The van der Waals surface area contributed by atoms with Gasteiger partial charge in [0.25, 0.3) is 0 Å². The first-order valence-corrected chi connectivity index (χ1v) is 7.87. The molecule has 2 aromatic rings. The van der Waals surface area contributed by atoms with Gasteiger partial charge >= 0.3 is 0 Å². The fourth-order valence-corrected chi connectivity index (χ4v) is 3.75. The third-order valence-corrected chi connectivity index (χ3v) is 5.08. The summed E-state index contributed by atoms with van der Waals surface area (Å²) in [6.45, 7) is 5.81. The van der Waals surface area contributed by atoms with Crippen LogP contribution in [0.25, 0.3) is 5.69 Å². The monoisotopic (exact) mass is 282 g/mol. The zero-order chi connectivity index (χ0) is 14.2. The summed E-state index contributed by atoms with van der Waals surface area (Å²) < 4.78 is 1.95. The molecular weight excluding hydrogens is 260 g/mol. The Kier molecular flexibility index (Phi) is 3.28. The Morgan fingerprint density at radius 1 is 1.29 bits per heavy atom. The largest absolute Gasteiger partial charge is 0.316 e. The molecule has 0 radical (unpaired) electrons. The van der Waals surface area contributed by atoms with E-state index < -0.39 is 0 Å². The number of benzene rings is 1. The number of hydrogen-bond acceptors (Lipinski definition) is 3. The van der Waals surface area contributed by atoms with Gasteiger partial charge < -0.3 is 10.6 Å². The van der Waals surface area contributed by atoms with Crippen LogP contribution in [-0.2, 0) is 0 Å². The van der Waals surface area contributed by atoms with Crippen molar-refractivity contribution in [3.63, 3.8) is 0 Å². The Bertz CT molecular complexity index is 597. The van der Waals surface area contributed by atoms with Crippen molar-refractivity contribution in [2.75, 3.05) is 19.6 Å². The van der Waals surface area contributed by atoms with Gasteiger partial charge in [-0.1, -0.05) is 18.2 Å². The molecule has 1 aromatic heterocycles. The summed E-state index contributed by atoms with van der Waals surface area (Å²) in [5.41, 5.74) is 2.48. The Hall–Kier alpha value is -1.65. The zero-order valence-electron chi connectivity index (χ0n) is 12.4. The number of para-hydroxylation sites is 1. The highest BCUT2D eigenvalue weighted by Crippen LogP contribution is 2.48. The Morgan fingerprint density at radius 2 is 2.10 bits per heavy atom. The summed E-state index contributed by atoms with van der Waals surface area (Å²) in [6, 6.07) is 10.8. The van der Waals surface area contributed by atoms with E-state index in [1.807, 2.05) is 23.1 Å². The van der Waals surface area contributed by atoms with Gasteiger partial charge in [0.1, 0.15) is 0 Å². The molecule has 2 unspecified atom stereocenters. The fraction of sp³-hybridized carbons (Fsp3) is 0.471. The molecule has 21 heavy (non-hydrogen) atoms. The highest BCUT2D eigenvalue weighted by molar-refractivity contribution is 5.42. The van der Waals surface area contributed by atoms with Gasteiger partial charge in [0.2, 0.25) is 0 Å². The van der Waals surface area contributed by atoms with Gasteiger partial charge in [0.05, 0.1) is 5.69 Å². The van der Waals surface area contributed by atoms with E-state index in [2.05, 4.69) is 46.9 Å². The number of hydrogen-bond donors (Lipinski definition) is 2. The summed E-state index contributed by atoms with van der Waals surface area (Å²) in [7, 11) is 0. The summed E-state index contributed by atoms with van der Waals surface area (Å²) in [5, 5.41) is 11.5. The van der Waals surface area contributed by atoms with Gasteiger partial charge in [-0.15, -0.1) is 0 Å². The minimum Gasteiger partial charge on any atom is -0.316 e. The van der Waals surface area contributed by atoms with Crippen LogP contribution in [0.5, 0.6) is 0 Å². The lowest BCUT2D eigenvalue weighted by atomic mass is 10.1. The average molecular weight is 282 g/mol. The lowest BCUT2D eigenvalue weighted by Crippen LogP contribution is -2.26. The Balaban J connectivity index is 1.46. The molecule has 2 heterocycles. The maximum absolute atomic E-state index is 4.36. The molecule has 0 bridgehead atoms. The number of rotatable bonds is 5.